The van der Waals surface area contributed by atoms with Crippen molar-refractivity contribution in [2.45, 2.75) is 51.2 Å². The van der Waals surface area contributed by atoms with Crippen molar-refractivity contribution in [2.75, 3.05) is 13.1 Å². The van der Waals surface area contributed by atoms with Crippen LogP contribution in [-0.2, 0) is 4.79 Å². The molecule has 0 aromatic rings. The molecule has 2 atom stereocenters. The van der Waals surface area contributed by atoms with Gasteiger partial charge < -0.3 is 16.0 Å². The molecule has 1 aliphatic heterocycles. The Morgan fingerprint density at radius 3 is 2.50 bits per heavy atom. The standard InChI is InChI=1S/C14H25N3O/c1-10(2)17-7-5-13(6-8-17)16-14(18)11-3-4-12(15)9-11/h3-4,10-13H,5-9,15H2,1-2H3,(H,16,18). The molecule has 18 heavy (non-hydrogen) atoms. The lowest BCUT2D eigenvalue weighted by Crippen LogP contribution is -2.47. The highest BCUT2D eigenvalue weighted by molar-refractivity contribution is 5.81. The van der Waals surface area contributed by atoms with Crippen molar-refractivity contribution in [3.8, 4) is 0 Å². The number of likely N-dealkylation sites (tertiary alicyclic amines) is 1. The van der Waals surface area contributed by atoms with Crippen molar-refractivity contribution in [1.82, 2.24) is 10.2 Å². The van der Waals surface area contributed by atoms with E-state index in [0.717, 1.165) is 32.4 Å². The number of amides is 1. The number of hydrogen-bond donors (Lipinski definition) is 2. The molecule has 2 unspecified atom stereocenters. The molecule has 0 radical (unpaired) electrons. The monoisotopic (exact) mass is 251 g/mol. The molecule has 102 valence electrons. The van der Waals surface area contributed by atoms with Crippen LogP contribution in [0.5, 0.6) is 0 Å². The molecular weight excluding hydrogens is 226 g/mol. The first-order valence-electron chi connectivity index (χ1n) is 7.04. The van der Waals surface area contributed by atoms with Gasteiger partial charge in [0.05, 0.1) is 5.92 Å². The highest BCUT2D eigenvalue weighted by Crippen LogP contribution is 2.18. The second-order valence-electron chi connectivity index (χ2n) is 5.80. The maximum atomic E-state index is 12.0. The lowest BCUT2D eigenvalue weighted by Gasteiger charge is -2.35. The van der Waals surface area contributed by atoms with Crippen LogP contribution in [0.1, 0.15) is 33.1 Å². The Labute approximate surface area is 110 Å². The number of carbonyl (C=O) groups is 1. The van der Waals surface area contributed by atoms with Crippen LogP contribution >= 0.6 is 0 Å². The van der Waals surface area contributed by atoms with Crippen molar-refractivity contribution in [3.05, 3.63) is 12.2 Å². The van der Waals surface area contributed by atoms with Crippen LogP contribution in [0.15, 0.2) is 12.2 Å². The topological polar surface area (TPSA) is 58.4 Å². The molecule has 1 fully saturated rings. The second-order valence-corrected chi connectivity index (χ2v) is 5.80. The molecule has 2 rings (SSSR count). The van der Waals surface area contributed by atoms with E-state index in [9.17, 15) is 4.79 Å². The number of nitrogens with one attached hydrogen (secondary N) is 1. The number of piperidine rings is 1. The quantitative estimate of drug-likeness (QED) is 0.732. The van der Waals surface area contributed by atoms with Gasteiger partial charge in [0.1, 0.15) is 0 Å². The number of nitrogens with zero attached hydrogens (tertiary/aromatic N) is 1. The van der Waals surface area contributed by atoms with E-state index in [0.29, 0.717) is 12.1 Å². The number of carbonyl (C=O) groups excluding carboxylic acids is 1. The van der Waals surface area contributed by atoms with Gasteiger partial charge in [0, 0.05) is 31.2 Å². The van der Waals surface area contributed by atoms with Gasteiger partial charge in [0.2, 0.25) is 5.91 Å². The van der Waals surface area contributed by atoms with Crippen molar-refractivity contribution in [1.29, 1.82) is 0 Å². The minimum Gasteiger partial charge on any atom is -0.353 e. The Balaban J connectivity index is 1.75. The van der Waals surface area contributed by atoms with E-state index in [1.165, 1.54) is 0 Å². The normalized spacial score (nSPS) is 30.0. The predicted octanol–water partition coefficient (Wildman–Crippen LogP) is 0.879. The van der Waals surface area contributed by atoms with E-state index in [1.807, 2.05) is 12.2 Å². The Kier molecular flexibility index (Phi) is 4.40. The molecule has 1 aliphatic carbocycles. The summed E-state index contributed by atoms with van der Waals surface area (Å²) in [7, 11) is 0. The summed E-state index contributed by atoms with van der Waals surface area (Å²) in [6, 6.07) is 1.01. The average molecular weight is 251 g/mol. The molecule has 4 heteroatoms. The fourth-order valence-corrected chi connectivity index (χ4v) is 2.79. The van der Waals surface area contributed by atoms with Crippen molar-refractivity contribution in [2.24, 2.45) is 11.7 Å². The van der Waals surface area contributed by atoms with Crippen molar-refractivity contribution < 1.29 is 4.79 Å². The lowest BCUT2D eigenvalue weighted by atomic mass is 10.0. The van der Waals surface area contributed by atoms with Crippen molar-refractivity contribution >= 4 is 5.91 Å². The Morgan fingerprint density at radius 1 is 1.33 bits per heavy atom. The molecule has 0 aromatic heterocycles. The van der Waals surface area contributed by atoms with Gasteiger partial charge >= 0.3 is 0 Å². The molecule has 0 aromatic carbocycles. The van der Waals surface area contributed by atoms with Crippen LogP contribution in [0.4, 0.5) is 0 Å². The van der Waals surface area contributed by atoms with Crippen LogP contribution < -0.4 is 11.1 Å². The van der Waals surface area contributed by atoms with Crippen molar-refractivity contribution in [3.63, 3.8) is 0 Å². The van der Waals surface area contributed by atoms with Gasteiger partial charge in [-0.25, -0.2) is 0 Å². The van der Waals surface area contributed by atoms with Gasteiger partial charge in [-0.05, 0) is 33.1 Å². The summed E-state index contributed by atoms with van der Waals surface area (Å²) in [4.78, 5) is 14.5. The Bertz CT molecular complexity index is 319. The first-order chi connectivity index (χ1) is 8.56. The first kappa shape index (κ1) is 13.6. The molecular formula is C14H25N3O. The molecule has 2 aliphatic rings. The summed E-state index contributed by atoms with van der Waals surface area (Å²) in [5, 5.41) is 3.17. The van der Waals surface area contributed by atoms with E-state index in [4.69, 9.17) is 5.73 Å². The molecule has 0 spiro atoms. The fraction of sp³-hybridized carbons (Fsp3) is 0.786. The number of hydrogen-bond acceptors (Lipinski definition) is 3. The van der Waals surface area contributed by atoms with Crippen LogP contribution in [-0.4, -0.2) is 42.0 Å². The van der Waals surface area contributed by atoms with Crippen LogP contribution in [0.25, 0.3) is 0 Å². The van der Waals surface area contributed by atoms with E-state index >= 15 is 0 Å². The van der Waals surface area contributed by atoms with Gasteiger partial charge in [-0.3, -0.25) is 4.79 Å². The van der Waals surface area contributed by atoms with Gasteiger partial charge in [-0.1, -0.05) is 12.2 Å². The zero-order valence-electron chi connectivity index (χ0n) is 11.4. The molecule has 1 heterocycles. The van der Waals surface area contributed by atoms with E-state index < -0.39 is 0 Å². The highest BCUT2D eigenvalue weighted by atomic mass is 16.1. The van der Waals surface area contributed by atoms with Crippen LogP contribution in [0.2, 0.25) is 0 Å². The third kappa shape index (κ3) is 3.33. The second kappa shape index (κ2) is 5.85. The fourth-order valence-electron chi connectivity index (χ4n) is 2.79. The summed E-state index contributed by atoms with van der Waals surface area (Å²) in [6.45, 7) is 6.62. The minimum absolute atomic E-state index is 0.0110. The van der Waals surface area contributed by atoms with Crippen LogP contribution in [0.3, 0.4) is 0 Å². The summed E-state index contributed by atoms with van der Waals surface area (Å²) < 4.78 is 0. The zero-order valence-corrected chi connectivity index (χ0v) is 11.4. The molecule has 1 amide bonds. The summed E-state index contributed by atoms with van der Waals surface area (Å²) >= 11 is 0. The number of nitrogens with two attached hydrogens (primary N) is 1. The van der Waals surface area contributed by atoms with Gasteiger partial charge in [-0.15, -0.1) is 0 Å². The van der Waals surface area contributed by atoms with Gasteiger partial charge in [0.15, 0.2) is 0 Å². The Hall–Kier alpha value is -0.870. The molecule has 3 N–H and O–H groups in total. The van der Waals surface area contributed by atoms with E-state index in [1.54, 1.807) is 0 Å². The molecule has 4 nitrogen and oxygen atoms in total. The first-order valence-corrected chi connectivity index (χ1v) is 7.04. The molecule has 0 saturated carbocycles. The van der Waals surface area contributed by atoms with E-state index in [-0.39, 0.29) is 17.9 Å². The van der Waals surface area contributed by atoms with Gasteiger partial charge in [0.25, 0.3) is 0 Å². The third-order valence-electron chi connectivity index (χ3n) is 4.06. The van der Waals surface area contributed by atoms with E-state index in [2.05, 4.69) is 24.1 Å². The zero-order chi connectivity index (χ0) is 13.1. The molecule has 0 bridgehead atoms. The molecule has 1 saturated heterocycles. The highest BCUT2D eigenvalue weighted by Gasteiger charge is 2.27. The predicted molar refractivity (Wildman–Crippen MR) is 73.1 cm³/mol. The number of rotatable bonds is 3. The largest absolute Gasteiger partial charge is 0.353 e. The smallest absolute Gasteiger partial charge is 0.227 e. The average Bonchev–Trinajstić information content (AvgIpc) is 2.76. The minimum atomic E-state index is -0.0110. The summed E-state index contributed by atoms with van der Waals surface area (Å²) in [5.74, 6) is 0.144. The SMILES string of the molecule is CC(C)N1CCC(NC(=O)C2C=CC(N)C2)CC1. The third-order valence-corrected chi connectivity index (χ3v) is 4.06. The van der Waals surface area contributed by atoms with Gasteiger partial charge in [-0.2, -0.15) is 0 Å². The Morgan fingerprint density at radius 2 is 2.00 bits per heavy atom. The summed E-state index contributed by atoms with van der Waals surface area (Å²) in [5.41, 5.74) is 5.77. The maximum Gasteiger partial charge on any atom is 0.227 e. The maximum absolute atomic E-state index is 12.0. The van der Waals surface area contributed by atoms with Crippen LogP contribution in [0, 0.1) is 5.92 Å². The lowest BCUT2D eigenvalue weighted by molar-refractivity contribution is -0.124. The summed E-state index contributed by atoms with van der Waals surface area (Å²) in [6.07, 6.45) is 6.77.